The molecule has 0 heterocycles. The van der Waals surface area contributed by atoms with Crippen LogP contribution in [0, 0.1) is 5.82 Å². The summed E-state index contributed by atoms with van der Waals surface area (Å²) in [5.41, 5.74) is 8.53. The second-order valence-electron chi connectivity index (χ2n) is 6.16. The van der Waals surface area contributed by atoms with Gasteiger partial charge in [-0.3, -0.25) is 4.79 Å². The highest BCUT2D eigenvalue weighted by Crippen LogP contribution is 2.44. The van der Waals surface area contributed by atoms with Gasteiger partial charge in [-0.05, 0) is 58.5 Å². The van der Waals surface area contributed by atoms with Crippen molar-refractivity contribution in [1.82, 2.24) is 0 Å². The molecule has 0 aromatic heterocycles. The minimum absolute atomic E-state index is 0.0817. The van der Waals surface area contributed by atoms with Crippen molar-refractivity contribution in [1.29, 1.82) is 0 Å². The van der Waals surface area contributed by atoms with Crippen molar-refractivity contribution >= 4 is 28.3 Å². The number of carbonyl (C=O) groups is 1. The molecule has 1 aliphatic rings. The molecule has 0 radical (unpaired) electrons. The molecular formula is C20H15ClFNO. The van der Waals surface area contributed by atoms with Gasteiger partial charge >= 0.3 is 0 Å². The Morgan fingerprint density at radius 2 is 1.96 bits per heavy atom. The standard InChI is InChI=1S/C20H15ClFNO/c21-12-9-17-14(18(22)10-12)7-8-15(17)19-13-4-2-1-3-11(13)5-6-16(19)20(23)24/h1-6,9-10,15H,7-8H2,(H2,23,24)/t15-/m1/s1. The van der Waals surface area contributed by atoms with Crippen molar-refractivity contribution in [3.8, 4) is 0 Å². The third-order valence-electron chi connectivity index (χ3n) is 4.84. The number of nitrogens with two attached hydrogens (primary N) is 1. The summed E-state index contributed by atoms with van der Waals surface area (Å²) in [6.07, 6.45) is 1.37. The Morgan fingerprint density at radius 1 is 1.17 bits per heavy atom. The maximum Gasteiger partial charge on any atom is 0.249 e. The van der Waals surface area contributed by atoms with Crippen LogP contribution in [0.25, 0.3) is 10.8 Å². The quantitative estimate of drug-likeness (QED) is 0.715. The van der Waals surface area contributed by atoms with E-state index in [0.29, 0.717) is 22.6 Å². The van der Waals surface area contributed by atoms with E-state index in [4.69, 9.17) is 17.3 Å². The number of carbonyl (C=O) groups excluding carboxylic acids is 1. The van der Waals surface area contributed by atoms with Gasteiger partial charge in [0.1, 0.15) is 5.82 Å². The van der Waals surface area contributed by atoms with Gasteiger partial charge in [0.15, 0.2) is 0 Å². The summed E-state index contributed by atoms with van der Waals surface area (Å²) in [7, 11) is 0. The molecule has 120 valence electrons. The molecule has 1 aliphatic carbocycles. The number of hydrogen-bond acceptors (Lipinski definition) is 1. The maximum atomic E-state index is 14.2. The number of amides is 1. The first-order valence-electron chi connectivity index (χ1n) is 7.85. The van der Waals surface area contributed by atoms with Crippen LogP contribution < -0.4 is 5.73 Å². The third-order valence-corrected chi connectivity index (χ3v) is 5.06. The molecule has 3 aromatic carbocycles. The predicted octanol–water partition coefficient (Wildman–Crippen LogP) is 4.81. The number of primary amides is 1. The van der Waals surface area contributed by atoms with Crippen molar-refractivity contribution in [3.05, 3.63) is 81.6 Å². The van der Waals surface area contributed by atoms with Crippen LogP contribution in [0.3, 0.4) is 0 Å². The summed E-state index contributed by atoms with van der Waals surface area (Å²) in [5.74, 6) is -0.825. The van der Waals surface area contributed by atoms with E-state index in [9.17, 15) is 9.18 Å². The van der Waals surface area contributed by atoms with Crippen molar-refractivity contribution in [2.24, 2.45) is 5.73 Å². The highest BCUT2D eigenvalue weighted by atomic mass is 35.5. The first-order valence-corrected chi connectivity index (χ1v) is 8.23. The lowest BCUT2D eigenvalue weighted by atomic mass is 9.85. The highest BCUT2D eigenvalue weighted by molar-refractivity contribution is 6.30. The van der Waals surface area contributed by atoms with Gasteiger partial charge in [-0.1, -0.05) is 41.9 Å². The first-order chi connectivity index (χ1) is 11.6. The van der Waals surface area contributed by atoms with Crippen LogP contribution in [-0.2, 0) is 6.42 Å². The Hall–Kier alpha value is -2.39. The number of rotatable bonds is 2. The zero-order valence-electron chi connectivity index (χ0n) is 12.9. The molecule has 0 saturated heterocycles. The fourth-order valence-electron chi connectivity index (χ4n) is 3.83. The lowest BCUT2D eigenvalue weighted by Crippen LogP contribution is -2.16. The Balaban J connectivity index is 2.02. The molecule has 4 rings (SSSR count). The summed E-state index contributed by atoms with van der Waals surface area (Å²) in [5, 5.41) is 2.39. The highest BCUT2D eigenvalue weighted by Gasteiger charge is 2.30. The number of fused-ring (bicyclic) bond motifs is 2. The summed E-state index contributed by atoms with van der Waals surface area (Å²) in [6.45, 7) is 0. The fraction of sp³-hybridized carbons (Fsp3) is 0.150. The van der Waals surface area contributed by atoms with Crippen molar-refractivity contribution in [2.75, 3.05) is 0 Å². The number of benzene rings is 3. The smallest absolute Gasteiger partial charge is 0.249 e. The average molecular weight is 340 g/mol. The third kappa shape index (κ3) is 2.28. The van der Waals surface area contributed by atoms with E-state index < -0.39 is 5.91 Å². The van der Waals surface area contributed by atoms with Crippen LogP contribution in [0.4, 0.5) is 4.39 Å². The maximum absolute atomic E-state index is 14.2. The molecule has 0 fully saturated rings. The van der Waals surface area contributed by atoms with Crippen LogP contribution >= 0.6 is 11.6 Å². The Kier molecular flexibility index (Phi) is 3.54. The topological polar surface area (TPSA) is 43.1 Å². The zero-order chi connectivity index (χ0) is 16.8. The molecule has 0 unspecified atom stereocenters. The lowest BCUT2D eigenvalue weighted by Gasteiger charge is -2.19. The van der Waals surface area contributed by atoms with Crippen molar-refractivity contribution < 1.29 is 9.18 Å². The normalized spacial score (nSPS) is 16.3. The van der Waals surface area contributed by atoms with Crippen LogP contribution in [-0.4, -0.2) is 5.91 Å². The Labute approximate surface area is 144 Å². The van der Waals surface area contributed by atoms with E-state index in [0.717, 1.165) is 28.3 Å². The van der Waals surface area contributed by atoms with Gasteiger partial charge in [0.25, 0.3) is 0 Å². The van der Waals surface area contributed by atoms with E-state index >= 15 is 0 Å². The molecule has 4 heteroatoms. The van der Waals surface area contributed by atoms with Crippen molar-refractivity contribution in [3.63, 3.8) is 0 Å². The molecule has 0 bridgehead atoms. The van der Waals surface area contributed by atoms with E-state index in [1.165, 1.54) is 6.07 Å². The molecule has 1 amide bonds. The zero-order valence-corrected chi connectivity index (χ0v) is 13.6. The van der Waals surface area contributed by atoms with Gasteiger partial charge in [0.05, 0.1) is 0 Å². The molecule has 0 aliphatic heterocycles. The van der Waals surface area contributed by atoms with E-state index in [1.807, 2.05) is 36.4 Å². The lowest BCUT2D eigenvalue weighted by molar-refractivity contribution is 0.0999. The van der Waals surface area contributed by atoms with Gasteiger partial charge in [-0.2, -0.15) is 0 Å². The summed E-state index contributed by atoms with van der Waals surface area (Å²) < 4.78 is 14.2. The first kappa shape index (κ1) is 15.2. The molecule has 2 N–H and O–H groups in total. The van der Waals surface area contributed by atoms with Crippen LogP contribution in [0.2, 0.25) is 5.02 Å². The minimum atomic E-state index is -0.466. The second kappa shape index (κ2) is 5.60. The van der Waals surface area contributed by atoms with Crippen molar-refractivity contribution in [2.45, 2.75) is 18.8 Å². The molecular weight excluding hydrogens is 325 g/mol. The SMILES string of the molecule is NC(=O)c1ccc2ccccc2c1[C@@H]1CCc2c(F)cc(Cl)cc21. The Morgan fingerprint density at radius 3 is 2.75 bits per heavy atom. The summed E-state index contributed by atoms with van der Waals surface area (Å²) >= 11 is 6.07. The Bertz CT molecular complexity index is 983. The van der Waals surface area contributed by atoms with Gasteiger partial charge in [0.2, 0.25) is 5.91 Å². The average Bonchev–Trinajstić information content (AvgIpc) is 2.97. The minimum Gasteiger partial charge on any atom is -0.366 e. The monoisotopic (exact) mass is 339 g/mol. The van der Waals surface area contributed by atoms with E-state index in [2.05, 4.69) is 0 Å². The number of halogens is 2. The van der Waals surface area contributed by atoms with Gasteiger partial charge in [0, 0.05) is 16.5 Å². The molecule has 0 saturated carbocycles. The fourth-order valence-corrected chi connectivity index (χ4v) is 4.04. The molecule has 2 nitrogen and oxygen atoms in total. The van der Waals surface area contributed by atoms with Crippen LogP contribution in [0.15, 0.2) is 48.5 Å². The largest absolute Gasteiger partial charge is 0.366 e. The van der Waals surface area contributed by atoms with Crippen LogP contribution in [0.1, 0.15) is 39.4 Å². The number of hydrogen-bond donors (Lipinski definition) is 1. The predicted molar refractivity (Wildman–Crippen MR) is 94.0 cm³/mol. The summed E-state index contributed by atoms with van der Waals surface area (Å²) in [6, 6.07) is 14.7. The van der Waals surface area contributed by atoms with E-state index in [1.54, 1.807) is 6.07 Å². The van der Waals surface area contributed by atoms with Crippen LogP contribution in [0.5, 0.6) is 0 Å². The molecule has 0 spiro atoms. The van der Waals surface area contributed by atoms with E-state index in [-0.39, 0.29) is 11.7 Å². The van der Waals surface area contributed by atoms with Gasteiger partial charge in [-0.25, -0.2) is 4.39 Å². The molecule has 24 heavy (non-hydrogen) atoms. The van der Waals surface area contributed by atoms with Gasteiger partial charge < -0.3 is 5.73 Å². The molecule has 1 atom stereocenters. The summed E-state index contributed by atoms with van der Waals surface area (Å²) in [4.78, 5) is 12.0. The van der Waals surface area contributed by atoms with Gasteiger partial charge in [-0.15, -0.1) is 0 Å². The second-order valence-corrected chi connectivity index (χ2v) is 6.60. The molecule has 3 aromatic rings.